The van der Waals surface area contributed by atoms with Gasteiger partial charge in [0.25, 0.3) is 0 Å². The second kappa shape index (κ2) is 13.2. The van der Waals surface area contributed by atoms with Gasteiger partial charge in [-0.05, 0) is 120 Å². The summed E-state index contributed by atoms with van der Waals surface area (Å²) in [5.74, 6) is 0. The van der Waals surface area contributed by atoms with E-state index in [1.807, 2.05) is 0 Å². The van der Waals surface area contributed by atoms with Gasteiger partial charge in [0.15, 0.2) is 0 Å². The standard InChI is InChI=1S/C9H19N.C8H17N.C7H15N/c1-4-9-6-5-7-10(9)8(2)3;1-7(2)9-6-4-5-8(9)3;1-7(2)8-5-3-4-6-8/h8-9H,4-7H2,1-3H3;7-8H,4-6H2,1-3H3;7H,3-6H2,1-2H3/t9-;8-;/m00./s1. The van der Waals surface area contributed by atoms with Crippen LogP contribution < -0.4 is 0 Å². The fourth-order valence-corrected chi connectivity index (χ4v) is 4.96. The molecule has 27 heavy (non-hydrogen) atoms. The molecule has 0 spiro atoms. The van der Waals surface area contributed by atoms with E-state index in [2.05, 4.69) is 70.1 Å². The van der Waals surface area contributed by atoms with Crippen molar-refractivity contribution in [3.63, 3.8) is 0 Å². The van der Waals surface area contributed by atoms with E-state index in [0.29, 0.717) is 0 Å². The molecule has 3 heterocycles. The Kier molecular flexibility index (Phi) is 12.2. The molecule has 0 radical (unpaired) electrons. The topological polar surface area (TPSA) is 9.72 Å². The molecule has 0 aromatic carbocycles. The third kappa shape index (κ3) is 8.83. The Bertz CT molecular complexity index is 361. The van der Waals surface area contributed by atoms with E-state index >= 15 is 0 Å². The summed E-state index contributed by atoms with van der Waals surface area (Å²) in [6.07, 6.45) is 9.80. The van der Waals surface area contributed by atoms with Gasteiger partial charge in [-0.2, -0.15) is 0 Å². The minimum absolute atomic E-state index is 0.752. The van der Waals surface area contributed by atoms with Crippen LogP contribution in [-0.4, -0.2) is 71.1 Å². The van der Waals surface area contributed by atoms with E-state index in [-0.39, 0.29) is 0 Å². The van der Waals surface area contributed by atoms with Crippen molar-refractivity contribution in [1.29, 1.82) is 0 Å². The molecule has 0 saturated carbocycles. The molecule has 0 aliphatic carbocycles. The largest absolute Gasteiger partial charge is 0.301 e. The number of likely N-dealkylation sites (tertiary alicyclic amines) is 3. The molecule has 0 bridgehead atoms. The molecule has 3 heteroatoms. The first-order valence-electron chi connectivity index (χ1n) is 12.0. The lowest BCUT2D eigenvalue weighted by atomic mass is 10.1. The normalized spacial score (nSPS) is 27.2. The van der Waals surface area contributed by atoms with Gasteiger partial charge >= 0.3 is 0 Å². The van der Waals surface area contributed by atoms with Crippen LogP contribution >= 0.6 is 0 Å². The fourth-order valence-electron chi connectivity index (χ4n) is 4.96. The van der Waals surface area contributed by atoms with Crippen molar-refractivity contribution in [2.45, 2.75) is 131 Å². The van der Waals surface area contributed by atoms with E-state index in [0.717, 1.165) is 30.2 Å². The molecular formula is C24H51N3. The molecule has 0 N–H and O–H groups in total. The molecule has 162 valence electrons. The van der Waals surface area contributed by atoms with E-state index in [9.17, 15) is 0 Å². The SMILES string of the molecule is CC(C)N1CCCC1.CC(C)N1CCC[C@@H]1C.CC[C@H]1CCCN1C(C)C. The zero-order chi connectivity index (χ0) is 20.4. The highest BCUT2D eigenvalue weighted by molar-refractivity contribution is 4.80. The Labute approximate surface area is 171 Å². The van der Waals surface area contributed by atoms with Gasteiger partial charge in [-0.25, -0.2) is 0 Å². The highest BCUT2D eigenvalue weighted by Crippen LogP contribution is 2.21. The minimum atomic E-state index is 0.752. The fraction of sp³-hybridized carbons (Fsp3) is 1.00. The molecule has 3 fully saturated rings. The van der Waals surface area contributed by atoms with Crippen molar-refractivity contribution in [2.24, 2.45) is 0 Å². The second-order valence-electron chi connectivity index (χ2n) is 9.70. The molecule has 2 atom stereocenters. The summed E-state index contributed by atoms with van der Waals surface area (Å²) in [6, 6.07) is 4.01. The maximum Gasteiger partial charge on any atom is 0.00958 e. The average molecular weight is 382 g/mol. The first kappa shape index (κ1) is 24.9. The maximum atomic E-state index is 2.62. The minimum Gasteiger partial charge on any atom is -0.301 e. The van der Waals surface area contributed by atoms with Crippen LogP contribution in [0.25, 0.3) is 0 Å². The average Bonchev–Trinajstić information content (AvgIpc) is 3.36. The van der Waals surface area contributed by atoms with Crippen molar-refractivity contribution < 1.29 is 0 Å². The summed E-state index contributed by atoms with van der Waals surface area (Å²) in [5.41, 5.74) is 0. The third-order valence-corrected chi connectivity index (χ3v) is 6.70. The molecule has 3 rings (SSSR count). The van der Waals surface area contributed by atoms with Crippen LogP contribution in [0.2, 0.25) is 0 Å². The number of hydrogen-bond acceptors (Lipinski definition) is 3. The van der Waals surface area contributed by atoms with Gasteiger partial charge < -0.3 is 4.90 Å². The van der Waals surface area contributed by atoms with Crippen molar-refractivity contribution >= 4 is 0 Å². The summed E-state index contributed by atoms with van der Waals surface area (Å²) in [4.78, 5) is 7.72. The monoisotopic (exact) mass is 381 g/mol. The number of nitrogens with zero attached hydrogens (tertiary/aromatic N) is 3. The lowest BCUT2D eigenvalue weighted by Crippen LogP contribution is -2.34. The molecule has 3 nitrogen and oxygen atoms in total. The molecule has 3 aliphatic heterocycles. The first-order valence-corrected chi connectivity index (χ1v) is 12.0. The van der Waals surface area contributed by atoms with Gasteiger partial charge in [-0.3, -0.25) is 9.80 Å². The van der Waals surface area contributed by atoms with Gasteiger partial charge in [0.1, 0.15) is 0 Å². The molecule has 0 unspecified atom stereocenters. The first-order chi connectivity index (χ1) is 12.8. The van der Waals surface area contributed by atoms with Gasteiger partial charge in [-0.1, -0.05) is 6.92 Å². The highest BCUT2D eigenvalue weighted by atomic mass is 15.2. The summed E-state index contributed by atoms with van der Waals surface area (Å²) in [7, 11) is 0. The Morgan fingerprint density at radius 2 is 1.19 bits per heavy atom. The summed E-state index contributed by atoms with van der Waals surface area (Å²) in [6.45, 7) is 23.6. The van der Waals surface area contributed by atoms with Gasteiger partial charge in [0.2, 0.25) is 0 Å². The van der Waals surface area contributed by atoms with E-state index in [4.69, 9.17) is 0 Å². The maximum absolute atomic E-state index is 2.62. The number of rotatable bonds is 4. The molecule has 0 amide bonds. The quantitative estimate of drug-likeness (QED) is 0.624. The molecular weight excluding hydrogens is 330 g/mol. The summed E-state index contributed by atoms with van der Waals surface area (Å²) in [5, 5.41) is 0. The van der Waals surface area contributed by atoms with E-state index in [1.165, 1.54) is 71.1 Å². The Morgan fingerprint density at radius 3 is 1.48 bits per heavy atom. The zero-order valence-electron chi connectivity index (χ0n) is 20.0. The molecule has 3 aliphatic rings. The summed E-state index contributed by atoms with van der Waals surface area (Å²) >= 11 is 0. The van der Waals surface area contributed by atoms with Gasteiger partial charge in [0.05, 0.1) is 0 Å². The predicted molar refractivity (Wildman–Crippen MR) is 122 cm³/mol. The van der Waals surface area contributed by atoms with Crippen LogP contribution in [0.15, 0.2) is 0 Å². The lowest BCUT2D eigenvalue weighted by Gasteiger charge is -2.27. The Hall–Kier alpha value is -0.120. The molecule has 0 aromatic heterocycles. The lowest BCUT2D eigenvalue weighted by molar-refractivity contribution is 0.199. The van der Waals surface area contributed by atoms with Crippen LogP contribution in [0.1, 0.15) is 100 Å². The molecule has 3 saturated heterocycles. The Balaban J connectivity index is 0.000000204. The van der Waals surface area contributed by atoms with Crippen molar-refractivity contribution in [1.82, 2.24) is 14.7 Å². The highest BCUT2D eigenvalue weighted by Gasteiger charge is 2.24. The zero-order valence-corrected chi connectivity index (χ0v) is 20.0. The van der Waals surface area contributed by atoms with Crippen LogP contribution in [0.5, 0.6) is 0 Å². The number of hydrogen-bond donors (Lipinski definition) is 0. The molecule has 0 aromatic rings. The van der Waals surface area contributed by atoms with Gasteiger partial charge in [0, 0.05) is 30.2 Å². The van der Waals surface area contributed by atoms with Crippen LogP contribution in [0.4, 0.5) is 0 Å². The van der Waals surface area contributed by atoms with Crippen molar-refractivity contribution in [2.75, 3.05) is 26.2 Å². The van der Waals surface area contributed by atoms with Crippen molar-refractivity contribution in [3.8, 4) is 0 Å². The van der Waals surface area contributed by atoms with Crippen molar-refractivity contribution in [3.05, 3.63) is 0 Å². The van der Waals surface area contributed by atoms with Crippen LogP contribution in [0, 0.1) is 0 Å². The summed E-state index contributed by atoms with van der Waals surface area (Å²) < 4.78 is 0. The van der Waals surface area contributed by atoms with E-state index in [1.54, 1.807) is 0 Å². The van der Waals surface area contributed by atoms with E-state index < -0.39 is 0 Å². The van der Waals surface area contributed by atoms with Gasteiger partial charge in [-0.15, -0.1) is 0 Å². The smallest absolute Gasteiger partial charge is 0.00958 e. The van der Waals surface area contributed by atoms with Crippen LogP contribution in [-0.2, 0) is 0 Å². The Morgan fingerprint density at radius 1 is 0.667 bits per heavy atom. The third-order valence-electron chi connectivity index (χ3n) is 6.70. The second-order valence-corrected chi connectivity index (χ2v) is 9.70. The predicted octanol–water partition coefficient (Wildman–Crippen LogP) is 5.64. The van der Waals surface area contributed by atoms with Crippen LogP contribution in [0.3, 0.4) is 0 Å².